The first-order valence-corrected chi connectivity index (χ1v) is 20.8. The van der Waals surface area contributed by atoms with Gasteiger partial charge in [-0.15, -0.1) is 0 Å². The van der Waals surface area contributed by atoms with Crippen LogP contribution in [0.1, 0.15) is 110 Å². The van der Waals surface area contributed by atoms with E-state index >= 15 is 0 Å². The summed E-state index contributed by atoms with van der Waals surface area (Å²) in [5.74, 6) is 0.203. The van der Waals surface area contributed by atoms with Crippen LogP contribution in [0, 0.1) is 5.92 Å². The number of hydrogen-bond donors (Lipinski definition) is 1. The lowest BCUT2D eigenvalue weighted by Gasteiger charge is -2.36. The van der Waals surface area contributed by atoms with E-state index in [1.165, 1.54) is 12.0 Å². The SMILES string of the molecule is CCOC(=O)c1cc(C2(CC(C)C)c3cc(SOC(C)(C)C(C)(C)O)ccc3-c3ccc(B4OC(C)(C)C(C)(C)O4)cc32)ccc1OCCOCCOCCOC. The van der Waals surface area contributed by atoms with Gasteiger partial charge in [0.25, 0.3) is 0 Å². The number of esters is 1. The minimum Gasteiger partial charge on any atom is -0.490 e. The molecule has 10 nitrogen and oxygen atoms in total. The molecule has 1 fully saturated rings. The summed E-state index contributed by atoms with van der Waals surface area (Å²) >= 11 is 1.25. The minimum atomic E-state index is -1.07. The molecule has 0 bridgehead atoms. The van der Waals surface area contributed by atoms with E-state index in [0.717, 1.165) is 44.6 Å². The van der Waals surface area contributed by atoms with Crippen molar-refractivity contribution in [1.29, 1.82) is 0 Å². The Balaban J connectivity index is 1.61. The molecule has 1 atom stereocenters. The Hall–Kier alpha value is -2.94. The zero-order chi connectivity index (χ0) is 41.8. The van der Waals surface area contributed by atoms with Gasteiger partial charge < -0.3 is 42.3 Å². The fourth-order valence-corrected chi connectivity index (χ4v) is 7.86. The average molecular weight is 807 g/mol. The van der Waals surface area contributed by atoms with Gasteiger partial charge in [0.1, 0.15) is 23.5 Å². The van der Waals surface area contributed by atoms with Crippen LogP contribution in [0.25, 0.3) is 11.1 Å². The molecule has 5 rings (SSSR count). The topological polar surface area (TPSA) is 111 Å². The van der Waals surface area contributed by atoms with Crippen LogP contribution < -0.4 is 10.2 Å². The highest BCUT2D eigenvalue weighted by molar-refractivity contribution is 7.94. The second-order valence-electron chi connectivity index (χ2n) is 17.3. The lowest BCUT2D eigenvalue weighted by atomic mass is 9.66. The fourth-order valence-electron chi connectivity index (χ4n) is 7.06. The largest absolute Gasteiger partial charge is 0.494 e. The Morgan fingerprint density at radius 2 is 1.42 bits per heavy atom. The molecule has 1 heterocycles. The monoisotopic (exact) mass is 806 g/mol. The first-order valence-electron chi connectivity index (χ1n) is 20.1. The number of carbonyl (C=O) groups is 1. The molecule has 3 aromatic carbocycles. The van der Waals surface area contributed by atoms with Crippen molar-refractivity contribution in [3.63, 3.8) is 0 Å². The Bertz CT molecular complexity index is 1840. The number of aliphatic hydroxyl groups is 1. The van der Waals surface area contributed by atoms with Crippen LogP contribution in [-0.4, -0.2) is 94.0 Å². The highest BCUT2D eigenvalue weighted by Crippen LogP contribution is 2.57. The lowest BCUT2D eigenvalue weighted by molar-refractivity contribution is -0.0813. The van der Waals surface area contributed by atoms with Crippen LogP contribution >= 0.6 is 12.0 Å². The van der Waals surface area contributed by atoms with Crippen LogP contribution in [0.5, 0.6) is 5.75 Å². The summed E-state index contributed by atoms with van der Waals surface area (Å²) in [7, 11) is 1.07. The van der Waals surface area contributed by atoms with Gasteiger partial charge >= 0.3 is 13.1 Å². The molecule has 1 N–H and O–H groups in total. The molecule has 57 heavy (non-hydrogen) atoms. The third-order valence-corrected chi connectivity index (χ3v) is 12.5. The zero-order valence-corrected chi connectivity index (χ0v) is 36.9. The Labute approximate surface area is 344 Å². The zero-order valence-electron chi connectivity index (χ0n) is 36.0. The van der Waals surface area contributed by atoms with Gasteiger partial charge in [0.2, 0.25) is 0 Å². The Morgan fingerprint density at radius 3 is 2.02 bits per heavy atom. The smallest absolute Gasteiger partial charge is 0.490 e. The average Bonchev–Trinajstić information content (AvgIpc) is 3.53. The van der Waals surface area contributed by atoms with E-state index in [1.807, 2.05) is 26.0 Å². The van der Waals surface area contributed by atoms with E-state index in [1.54, 1.807) is 27.9 Å². The van der Waals surface area contributed by atoms with E-state index in [2.05, 4.69) is 84.0 Å². The minimum absolute atomic E-state index is 0.219. The van der Waals surface area contributed by atoms with Gasteiger partial charge in [-0.1, -0.05) is 44.2 Å². The number of benzene rings is 3. The van der Waals surface area contributed by atoms with Crippen molar-refractivity contribution in [1.82, 2.24) is 0 Å². The molecule has 1 saturated heterocycles. The number of ether oxygens (including phenoxy) is 5. The normalized spacial score (nSPS) is 18.5. The van der Waals surface area contributed by atoms with Crippen molar-refractivity contribution < 1.29 is 47.1 Å². The summed E-state index contributed by atoms with van der Waals surface area (Å²) in [5.41, 5.74) is 2.96. The summed E-state index contributed by atoms with van der Waals surface area (Å²) in [4.78, 5) is 14.6. The number of fused-ring (bicyclic) bond motifs is 3. The van der Waals surface area contributed by atoms with E-state index < -0.39 is 40.9 Å². The molecule has 1 aliphatic carbocycles. The van der Waals surface area contributed by atoms with E-state index in [0.29, 0.717) is 44.3 Å². The summed E-state index contributed by atoms with van der Waals surface area (Å²) in [5, 5.41) is 10.8. The first-order chi connectivity index (χ1) is 26.8. The number of methoxy groups -OCH3 is 1. The van der Waals surface area contributed by atoms with Crippen molar-refractivity contribution in [2.45, 2.75) is 115 Å². The van der Waals surface area contributed by atoms with Gasteiger partial charge in [-0.25, -0.2) is 4.79 Å². The van der Waals surface area contributed by atoms with Crippen molar-refractivity contribution in [3.8, 4) is 16.9 Å². The highest BCUT2D eigenvalue weighted by atomic mass is 32.2. The molecule has 0 aromatic heterocycles. The first kappa shape index (κ1) is 45.2. The standard InChI is InChI=1S/C45H63BO10S/c1-13-52-40(47)36-26-31(14-19-39(36)53-25-24-51-23-22-50-21-20-49-12)45(29-30(2)3)37-27-32(46-54-43(8,9)44(10,11)55-46)15-17-34(37)35-18-16-33(28-38(35)45)57-56-42(6,7)41(4,5)48/h14-19,26-28,30,48H,13,20-25,29H2,1-12H3. The second kappa shape index (κ2) is 18.1. The maximum atomic E-state index is 13.7. The van der Waals surface area contributed by atoms with Crippen molar-refractivity contribution in [3.05, 3.63) is 76.9 Å². The predicted octanol–water partition coefficient (Wildman–Crippen LogP) is 8.16. The van der Waals surface area contributed by atoms with E-state index in [9.17, 15) is 9.90 Å². The van der Waals surface area contributed by atoms with Gasteiger partial charge in [0.05, 0.1) is 56.4 Å². The van der Waals surface area contributed by atoms with E-state index in [4.69, 9.17) is 37.2 Å². The van der Waals surface area contributed by atoms with Crippen LogP contribution in [0.4, 0.5) is 0 Å². The molecular weight excluding hydrogens is 743 g/mol. The van der Waals surface area contributed by atoms with Crippen LogP contribution in [0.3, 0.4) is 0 Å². The number of hydrogen-bond acceptors (Lipinski definition) is 11. The van der Waals surface area contributed by atoms with Gasteiger partial charge in [-0.05, 0) is 132 Å². The molecule has 0 saturated carbocycles. The third-order valence-electron chi connectivity index (χ3n) is 11.6. The van der Waals surface area contributed by atoms with Gasteiger partial charge in [-0.3, -0.25) is 0 Å². The number of rotatable bonds is 20. The maximum absolute atomic E-state index is 13.7. The second-order valence-corrected chi connectivity index (χ2v) is 18.1. The highest BCUT2D eigenvalue weighted by Gasteiger charge is 2.53. The predicted molar refractivity (Wildman–Crippen MR) is 226 cm³/mol. The molecule has 1 aliphatic heterocycles. The summed E-state index contributed by atoms with van der Waals surface area (Å²) in [6, 6.07) is 18.8. The third kappa shape index (κ3) is 9.76. The Morgan fingerprint density at radius 1 is 0.825 bits per heavy atom. The molecule has 2 aliphatic rings. The molecule has 312 valence electrons. The molecule has 12 heteroatoms. The van der Waals surface area contributed by atoms with Crippen molar-refractivity contribution >= 4 is 30.6 Å². The quantitative estimate of drug-likeness (QED) is 0.0517. The summed E-state index contributed by atoms with van der Waals surface area (Å²) in [6.07, 6.45) is 0.729. The van der Waals surface area contributed by atoms with Gasteiger partial charge in [0, 0.05) is 29.5 Å². The van der Waals surface area contributed by atoms with Crippen LogP contribution in [-0.2, 0) is 37.9 Å². The van der Waals surface area contributed by atoms with Crippen molar-refractivity contribution in [2.75, 3.05) is 53.4 Å². The molecular formula is C45H63BO10S. The van der Waals surface area contributed by atoms with E-state index in [-0.39, 0.29) is 19.1 Å². The molecule has 3 aromatic rings. The molecule has 1 unspecified atom stereocenters. The molecule has 0 amide bonds. The molecule has 0 spiro atoms. The van der Waals surface area contributed by atoms with Gasteiger partial charge in [0.15, 0.2) is 0 Å². The molecule has 0 radical (unpaired) electrons. The van der Waals surface area contributed by atoms with Crippen LogP contribution in [0.2, 0.25) is 0 Å². The summed E-state index contributed by atoms with van der Waals surface area (Å²) in [6.45, 7) is 24.4. The van der Waals surface area contributed by atoms with Crippen molar-refractivity contribution in [2.24, 2.45) is 5.92 Å². The Kier molecular flexibility index (Phi) is 14.4. The fraction of sp³-hybridized carbons (Fsp3) is 0.578. The summed E-state index contributed by atoms with van der Waals surface area (Å²) < 4.78 is 47.5. The number of carbonyl (C=O) groups excluding carboxylic acids is 1. The van der Waals surface area contributed by atoms with Gasteiger partial charge in [-0.2, -0.15) is 0 Å². The van der Waals surface area contributed by atoms with Crippen LogP contribution in [0.15, 0.2) is 59.5 Å². The lowest BCUT2D eigenvalue weighted by Crippen LogP contribution is -2.45. The maximum Gasteiger partial charge on any atom is 0.494 e.